The molecule has 1 unspecified atom stereocenters. The molecule has 2 heterocycles. The van der Waals surface area contributed by atoms with Gasteiger partial charge in [-0.25, -0.2) is 4.79 Å². The van der Waals surface area contributed by atoms with E-state index in [0.717, 1.165) is 16.8 Å². The molecule has 4 N–H and O–H groups in total. The Labute approximate surface area is 161 Å². The van der Waals surface area contributed by atoms with Crippen molar-refractivity contribution in [2.24, 2.45) is 0 Å². The van der Waals surface area contributed by atoms with Crippen LogP contribution in [0.25, 0.3) is 0 Å². The normalized spacial score (nSPS) is 24.8. The first-order valence-corrected chi connectivity index (χ1v) is 12.3. The fourth-order valence-corrected chi connectivity index (χ4v) is 6.08. The molecule has 163 valence electrons. The molecule has 1 aromatic heterocycles. The number of halogens is 2. The summed E-state index contributed by atoms with van der Waals surface area (Å²) < 4.78 is 75.3. The number of hydrogen-bond acceptors (Lipinski definition) is 8. The maximum atomic E-state index is 13.4. The second-order valence-corrected chi connectivity index (χ2v) is 11.4. The maximum Gasteiger partial charge on any atom is 0.444 e. The lowest BCUT2D eigenvalue weighted by atomic mass is 10.2. The van der Waals surface area contributed by atoms with Crippen molar-refractivity contribution >= 4 is 30.2 Å². The Morgan fingerprint density at radius 3 is 2.45 bits per heavy atom. The van der Waals surface area contributed by atoms with Gasteiger partial charge in [0, 0.05) is 12.3 Å². The number of aromatic nitrogens is 2. The van der Waals surface area contributed by atoms with Crippen molar-refractivity contribution in [3.63, 3.8) is 0 Å². The summed E-state index contributed by atoms with van der Waals surface area (Å²) in [6, 6.07) is 1.07. The SMILES string of the molecule is [B-][P@](=O)(OC[C@@H]1CC[C@H](n2ccc(=O)[nH]c2=O)O1)OP(=O)(O)C(F)(F)P(=O)(O)O. The van der Waals surface area contributed by atoms with E-state index in [0.29, 0.717) is 0 Å². The Balaban J connectivity index is 2.00. The van der Waals surface area contributed by atoms with Crippen LogP contribution in [0.3, 0.4) is 0 Å². The van der Waals surface area contributed by atoms with Gasteiger partial charge in [0.15, 0.2) is 0 Å². The van der Waals surface area contributed by atoms with E-state index in [1.165, 1.54) is 0 Å². The lowest BCUT2D eigenvalue weighted by Gasteiger charge is -2.32. The molecule has 29 heavy (non-hydrogen) atoms. The van der Waals surface area contributed by atoms with Gasteiger partial charge >= 0.3 is 26.3 Å². The summed E-state index contributed by atoms with van der Waals surface area (Å²) in [7, 11) is -13.2. The number of aromatic amines is 1. The Kier molecular flexibility index (Phi) is 6.96. The van der Waals surface area contributed by atoms with Gasteiger partial charge in [-0.15, -0.1) is 0 Å². The average molecular weight is 480 g/mol. The molecule has 1 aliphatic heterocycles. The topological polar surface area (TPSA) is 194 Å². The third kappa shape index (κ3) is 5.60. The molecule has 19 heteroatoms. The van der Waals surface area contributed by atoms with E-state index in [2.05, 4.69) is 8.83 Å². The van der Waals surface area contributed by atoms with Crippen LogP contribution in [-0.4, -0.2) is 49.9 Å². The van der Waals surface area contributed by atoms with Crippen LogP contribution < -0.4 is 11.2 Å². The summed E-state index contributed by atoms with van der Waals surface area (Å²) in [4.78, 5) is 50.8. The van der Waals surface area contributed by atoms with Crippen molar-refractivity contribution in [3.05, 3.63) is 33.1 Å². The first-order chi connectivity index (χ1) is 13.1. The number of rotatable bonds is 8. The van der Waals surface area contributed by atoms with Gasteiger partial charge in [0.1, 0.15) is 6.23 Å². The zero-order valence-electron chi connectivity index (χ0n) is 14.2. The Hall–Kier alpha value is -0.945. The molecular formula is C10H14BF2N2O11P3-. The van der Waals surface area contributed by atoms with Gasteiger partial charge in [-0.3, -0.25) is 27.8 Å². The zero-order valence-corrected chi connectivity index (χ0v) is 16.8. The van der Waals surface area contributed by atoms with Crippen LogP contribution in [0.15, 0.2) is 21.9 Å². The third-order valence-electron chi connectivity index (χ3n) is 3.60. The van der Waals surface area contributed by atoms with Crippen molar-refractivity contribution in [1.29, 1.82) is 0 Å². The molecule has 1 aromatic rings. The Morgan fingerprint density at radius 2 is 1.90 bits per heavy atom. The van der Waals surface area contributed by atoms with Crippen LogP contribution in [0.4, 0.5) is 8.78 Å². The number of nitrogens with one attached hydrogen (secondary N) is 1. The average Bonchev–Trinajstić information content (AvgIpc) is 2.99. The predicted octanol–water partition coefficient (Wildman–Crippen LogP) is 0.437. The van der Waals surface area contributed by atoms with Crippen molar-refractivity contribution in [3.8, 4) is 0 Å². The van der Waals surface area contributed by atoms with E-state index in [1.807, 2.05) is 4.98 Å². The summed E-state index contributed by atoms with van der Waals surface area (Å²) in [5, 5.41) is -5.57. The molecule has 0 bridgehead atoms. The van der Waals surface area contributed by atoms with E-state index in [4.69, 9.17) is 27.0 Å². The molecule has 2 rings (SSSR count). The molecular weight excluding hydrogens is 466 g/mol. The second kappa shape index (κ2) is 8.29. The smallest absolute Gasteiger partial charge is 0.443 e. The van der Waals surface area contributed by atoms with E-state index >= 15 is 0 Å². The molecule has 1 aliphatic rings. The number of ether oxygens (including phenoxy) is 1. The summed E-state index contributed by atoms with van der Waals surface area (Å²) in [5.74, 6) is 0. The van der Waals surface area contributed by atoms with Gasteiger partial charge in [0.25, 0.3) is 5.56 Å². The number of hydrogen-bond donors (Lipinski definition) is 4. The van der Waals surface area contributed by atoms with Gasteiger partial charge in [-0.05, 0) is 12.8 Å². The van der Waals surface area contributed by atoms with E-state index in [-0.39, 0.29) is 12.8 Å². The highest BCUT2D eigenvalue weighted by atomic mass is 31.3. The molecule has 0 aromatic carbocycles. The highest BCUT2D eigenvalue weighted by Gasteiger charge is 2.65. The third-order valence-corrected chi connectivity index (χ3v) is 8.83. The minimum Gasteiger partial charge on any atom is -0.443 e. The van der Waals surface area contributed by atoms with Crippen LogP contribution in [0, 0.1) is 0 Å². The molecule has 13 nitrogen and oxygen atoms in total. The summed E-state index contributed by atoms with van der Waals surface area (Å²) in [6.45, 7) is -0.691. The largest absolute Gasteiger partial charge is 0.444 e. The Bertz CT molecular complexity index is 1020. The minimum atomic E-state index is -6.50. The van der Waals surface area contributed by atoms with Crippen LogP contribution in [-0.2, 0) is 27.3 Å². The van der Waals surface area contributed by atoms with Crippen molar-refractivity contribution in [2.45, 2.75) is 30.6 Å². The number of H-pyrrole nitrogens is 1. The lowest BCUT2D eigenvalue weighted by Crippen LogP contribution is -2.31. The quantitative estimate of drug-likeness (QED) is 0.298. The highest BCUT2D eigenvalue weighted by Crippen LogP contribution is 2.77. The first-order valence-electron chi connectivity index (χ1n) is 7.53. The van der Waals surface area contributed by atoms with Crippen LogP contribution in [0.2, 0.25) is 0 Å². The summed E-state index contributed by atoms with van der Waals surface area (Å²) in [5.41, 5.74) is -1.40. The molecule has 1 fully saturated rings. The van der Waals surface area contributed by atoms with Crippen molar-refractivity contribution < 1.29 is 50.7 Å². The van der Waals surface area contributed by atoms with E-state index < -0.39 is 58.3 Å². The number of nitrogens with zero attached hydrogens (tertiary/aromatic N) is 1. The van der Waals surface area contributed by atoms with Crippen LogP contribution >= 0.6 is 22.7 Å². The van der Waals surface area contributed by atoms with Crippen LogP contribution in [0.5, 0.6) is 0 Å². The van der Waals surface area contributed by atoms with Crippen molar-refractivity contribution in [2.75, 3.05) is 6.61 Å². The summed E-state index contributed by atoms with van der Waals surface area (Å²) in [6.07, 6.45) is -0.178. The molecule has 0 amide bonds. The monoisotopic (exact) mass is 480 g/mol. The lowest BCUT2D eigenvalue weighted by molar-refractivity contribution is -0.0208. The minimum absolute atomic E-state index is 0.186. The van der Waals surface area contributed by atoms with Gasteiger partial charge < -0.3 is 36.1 Å². The van der Waals surface area contributed by atoms with Gasteiger partial charge in [-0.1, -0.05) is 0 Å². The number of alkyl halides is 2. The fraction of sp³-hybridized carbons (Fsp3) is 0.600. The van der Waals surface area contributed by atoms with Gasteiger partial charge in [-0.2, -0.15) is 8.78 Å². The molecule has 0 spiro atoms. The zero-order chi connectivity index (χ0) is 22.3. The van der Waals surface area contributed by atoms with Gasteiger partial charge in [0.05, 0.1) is 20.2 Å². The van der Waals surface area contributed by atoms with E-state index in [1.54, 1.807) is 0 Å². The molecule has 1 saturated heterocycles. The Morgan fingerprint density at radius 1 is 1.28 bits per heavy atom. The van der Waals surface area contributed by atoms with E-state index in [9.17, 15) is 32.1 Å². The molecule has 3 radical (unpaired) electrons. The van der Waals surface area contributed by atoms with Crippen LogP contribution in [0.1, 0.15) is 19.1 Å². The van der Waals surface area contributed by atoms with Crippen molar-refractivity contribution in [1.82, 2.24) is 9.55 Å². The summed E-state index contributed by atoms with van der Waals surface area (Å²) >= 11 is 0. The predicted molar refractivity (Wildman–Crippen MR) is 91.7 cm³/mol. The van der Waals surface area contributed by atoms with Gasteiger partial charge in [0.2, 0.25) is 0 Å². The standard InChI is InChI=1S/C10H14BF2N2O11P3/c11-29(23,26-28(21,22)10(12,13)27(18,19)20)24-5-6-1-2-8(25-6)15-4-3-7(16)14-9(15)17/h3-4,6,8H,1-2,5H2,(H,21,22)(H,14,16,17)(H2,18,19,20)/q-1/t6-,8+,29-/m0/s1. The second-order valence-electron chi connectivity index (χ2n) is 5.80. The maximum absolute atomic E-state index is 13.4. The highest BCUT2D eigenvalue weighted by molar-refractivity contribution is 7.86. The molecule has 0 saturated carbocycles. The first kappa shape index (κ1) is 24.3. The molecule has 4 atom stereocenters. The fourth-order valence-electron chi connectivity index (χ4n) is 2.25. The molecule has 0 aliphatic carbocycles.